The molecule has 0 radical (unpaired) electrons. The molecular formula is C15H20N2. The van der Waals surface area contributed by atoms with Crippen LogP contribution in [-0.4, -0.2) is 18.1 Å². The summed E-state index contributed by atoms with van der Waals surface area (Å²) in [7, 11) is 0. The second-order valence-electron chi connectivity index (χ2n) is 5.38. The van der Waals surface area contributed by atoms with Gasteiger partial charge in [0.1, 0.15) is 0 Å². The zero-order valence-electron chi connectivity index (χ0n) is 10.6. The van der Waals surface area contributed by atoms with Crippen LogP contribution >= 0.6 is 0 Å². The lowest BCUT2D eigenvalue weighted by atomic mass is 9.97. The van der Waals surface area contributed by atoms with Gasteiger partial charge in [-0.2, -0.15) is 0 Å². The van der Waals surface area contributed by atoms with Crippen molar-refractivity contribution in [3.8, 4) is 0 Å². The summed E-state index contributed by atoms with van der Waals surface area (Å²) in [5.41, 5.74) is 5.52. The summed E-state index contributed by atoms with van der Waals surface area (Å²) < 4.78 is 0. The van der Waals surface area contributed by atoms with Gasteiger partial charge in [-0.15, -0.1) is 0 Å². The zero-order valence-corrected chi connectivity index (χ0v) is 10.6. The monoisotopic (exact) mass is 228 g/mol. The molecule has 1 aliphatic rings. The van der Waals surface area contributed by atoms with Gasteiger partial charge < -0.3 is 10.3 Å². The molecule has 2 heteroatoms. The van der Waals surface area contributed by atoms with Crippen molar-refractivity contribution in [2.24, 2.45) is 5.92 Å². The molecule has 0 bridgehead atoms. The van der Waals surface area contributed by atoms with E-state index in [1.165, 1.54) is 53.5 Å². The van der Waals surface area contributed by atoms with Crippen molar-refractivity contribution in [2.45, 2.75) is 26.7 Å². The van der Waals surface area contributed by atoms with Gasteiger partial charge in [0.25, 0.3) is 0 Å². The van der Waals surface area contributed by atoms with Crippen molar-refractivity contribution in [3.63, 3.8) is 0 Å². The van der Waals surface area contributed by atoms with E-state index in [2.05, 4.69) is 42.5 Å². The molecule has 2 aromatic rings. The minimum atomic E-state index is 0.815. The van der Waals surface area contributed by atoms with E-state index in [0.717, 1.165) is 5.92 Å². The molecule has 0 amide bonds. The minimum Gasteiger partial charge on any atom is -0.361 e. The van der Waals surface area contributed by atoms with Crippen LogP contribution in [0.2, 0.25) is 0 Å². The highest BCUT2D eigenvalue weighted by Gasteiger charge is 2.17. The van der Waals surface area contributed by atoms with Gasteiger partial charge in [0, 0.05) is 17.1 Å². The van der Waals surface area contributed by atoms with E-state index in [0.29, 0.717) is 0 Å². The second-order valence-corrected chi connectivity index (χ2v) is 5.38. The van der Waals surface area contributed by atoms with Crippen molar-refractivity contribution in [1.29, 1.82) is 0 Å². The molecule has 2 N–H and O–H groups in total. The van der Waals surface area contributed by atoms with E-state index in [1.54, 1.807) is 0 Å². The quantitative estimate of drug-likeness (QED) is 0.812. The summed E-state index contributed by atoms with van der Waals surface area (Å²) in [4.78, 5) is 3.44. The Morgan fingerprint density at radius 3 is 2.94 bits per heavy atom. The maximum atomic E-state index is 3.45. The van der Waals surface area contributed by atoms with Gasteiger partial charge in [0.2, 0.25) is 0 Å². The standard InChI is InChI=1S/C15H20N2/c1-10-5-11(2)15-14(6-10)13(9-17-15)7-12-3-4-16-8-12/h5-6,9,12,16-17H,3-4,7-8H2,1-2H3. The average molecular weight is 228 g/mol. The third-order valence-corrected chi connectivity index (χ3v) is 3.89. The van der Waals surface area contributed by atoms with E-state index < -0.39 is 0 Å². The van der Waals surface area contributed by atoms with E-state index in [9.17, 15) is 0 Å². The van der Waals surface area contributed by atoms with Gasteiger partial charge >= 0.3 is 0 Å². The number of aromatic nitrogens is 1. The predicted molar refractivity (Wildman–Crippen MR) is 72.5 cm³/mol. The number of H-pyrrole nitrogens is 1. The molecule has 90 valence electrons. The van der Waals surface area contributed by atoms with Crippen LogP contribution in [0.1, 0.15) is 23.1 Å². The molecule has 17 heavy (non-hydrogen) atoms. The van der Waals surface area contributed by atoms with E-state index in [1.807, 2.05) is 0 Å². The Bertz CT molecular complexity index is 533. The third kappa shape index (κ3) is 1.98. The lowest BCUT2D eigenvalue weighted by molar-refractivity contribution is 0.582. The van der Waals surface area contributed by atoms with Crippen molar-refractivity contribution >= 4 is 10.9 Å². The Labute approximate surface area is 102 Å². The van der Waals surface area contributed by atoms with Crippen LogP contribution in [0.4, 0.5) is 0 Å². The molecule has 2 heterocycles. The SMILES string of the molecule is Cc1cc(C)c2[nH]cc(CC3CCNC3)c2c1. The Balaban J connectivity index is 1.99. The molecular weight excluding hydrogens is 208 g/mol. The molecule has 1 unspecified atom stereocenters. The third-order valence-electron chi connectivity index (χ3n) is 3.89. The number of benzene rings is 1. The number of aromatic amines is 1. The Morgan fingerprint density at radius 2 is 2.18 bits per heavy atom. The first-order chi connectivity index (χ1) is 8.24. The number of hydrogen-bond donors (Lipinski definition) is 2. The molecule has 0 saturated carbocycles. The van der Waals surface area contributed by atoms with Crippen molar-refractivity contribution < 1.29 is 0 Å². The summed E-state index contributed by atoms with van der Waals surface area (Å²) in [6.45, 7) is 6.73. The molecule has 1 aromatic heterocycles. The van der Waals surface area contributed by atoms with Crippen LogP contribution < -0.4 is 5.32 Å². The van der Waals surface area contributed by atoms with Gasteiger partial charge in [-0.05, 0) is 62.9 Å². The largest absolute Gasteiger partial charge is 0.361 e. The molecule has 1 fully saturated rings. The van der Waals surface area contributed by atoms with Gasteiger partial charge in [0.05, 0.1) is 0 Å². The van der Waals surface area contributed by atoms with Crippen LogP contribution in [-0.2, 0) is 6.42 Å². The summed E-state index contributed by atoms with van der Waals surface area (Å²) in [6, 6.07) is 4.57. The fourth-order valence-electron chi connectivity index (χ4n) is 3.02. The number of hydrogen-bond acceptors (Lipinski definition) is 1. The number of fused-ring (bicyclic) bond motifs is 1. The maximum Gasteiger partial charge on any atom is 0.0486 e. The van der Waals surface area contributed by atoms with Gasteiger partial charge in [-0.1, -0.05) is 11.6 Å². The first kappa shape index (κ1) is 10.8. The molecule has 1 atom stereocenters. The Hall–Kier alpha value is -1.28. The van der Waals surface area contributed by atoms with E-state index >= 15 is 0 Å². The zero-order chi connectivity index (χ0) is 11.8. The average Bonchev–Trinajstić information content (AvgIpc) is 2.89. The molecule has 0 spiro atoms. The maximum absolute atomic E-state index is 3.45. The van der Waals surface area contributed by atoms with Gasteiger partial charge in [-0.25, -0.2) is 0 Å². The first-order valence-electron chi connectivity index (χ1n) is 6.52. The molecule has 1 saturated heterocycles. The first-order valence-corrected chi connectivity index (χ1v) is 6.52. The van der Waals surface area contributed by atoms with Gasteiger partial charge in [-0.3, -0.25) is 0 Å². The van der Waals surface area contributed by atoms with Crippen molar-refractivity contribution in [1.82, 2.24) is 10.3 Å². The molecule has 1 aromatic carbocycles. The lowest BCUT2D eigenvalue weighted by Gasteiger charge is -2.07. The second kappa shape index (κ2) is 4.19. The van der Waals surface area contributed by atoms with Crippen molar-refractivity contribution in [3.05, 3.63) is 35.0 Å². The summed E-state index contributed by atoms with van der Waals surface area (Å²) in [5.74, 6) is 0.815. The smallest absolute Gasteiger partial charge is 0.0486 e. The topological polar surface area (TPSA) is 27.8 Å². The highest BCUT2D eigenvalue weighted by atomic mass is 14.9. The summed E-state index contributed by atoms with van der Waals surface area (Å²) >= 11 is 0. The number of aryl methyl sites for hydroxylation is 2. The van der Waals surface area contributed by atoms with Crippen LogP contribution in [0.5, 0.6) is 0 Å². The normalized spacial score (nSPS) is 20.2. The summed E-state index contributed by atoms with van der Waals surface area (Å²) in [5, 5.41) is 4.87. The highest BCUT2D eigenvalue weighted by molar-refractivity contribution is 5.86. The molecule has 3 rings (SSSR count). The molecule has 2 nitrogen and oxygen atoms in total. The highest BCUT2D eigenvalue weighted by Crippen LogP contribution is 2.26. The van der Waals surface area contributed by atoms with Gasteiger partial charge in [0.15, 0.2) is 0 Å². The minimum absolute atomic E-state index is 0.815. The summed E-state index contributed by atoms with van der Waals surface area (Å²) in [6.07, 6.45) is 4.72. The van der Waals surface area contributed by atoms with Crippen LogP contribution in [0.25, 0.3) is 10.9 Å². The molecule has 1 aliphatic heterocycles. The Kier molecular flexibility index (Phi) is 2.67. The fraction of sp³-hybridized carbons (Fsp3) is 0.467. The van der Waals surface area contributed by atoms with E-state index in [-0.39, 0.29) is 0 Å². The molecule has 0 aliphatic carbocycles. The predicted octanol–water partition coefficient (Wildman–Crippen LogP) is 2.94. The van der Waals surface area contributed by atoms with E-state index in [4.69, 9.17) is 0 Å². The fourth-order valence-corrected chi connectivity index (χ4v) is 3.02. The number of nitrogens with one attached hydrogen (secondary N) is 2. The van der Waals surface area contributed by atoms with Crippen LogP contribution in [0.15, 0.2) is 18.3 Å². The van der Waals surface area contributed by atoms with Crippen LogP contribution in [0.3, 0.4) is 0 Å². The lowest BCUT2D eigenvalue weighted by Crippen LogP contribution is -2.10. The van der Waals surface area contributed by atoms with Crippen molar-refractivity contribution in [2.75, 3.05) is 13.1 Å². The van der Waals surface area contributed by atoms with Crippen LogP contribution in [0, 0.1) is 19.8 Å². The Morgan fingerprint density at radius 1 is 1.29 bits per heavy atom. The number of rotatable bonds is 2.